The zero-order valence-electron chi connectivity index (χ0n) is 11.2. The molecule has 4 nitrogen and oxygen atoms in total. The van der Waals surface area contributed by atoms with E-state index in [4.69, 9.17) is 4.74 Å². The number of nitrogens with zero attached hydrogens (tertiary/aromatic N) is 2. The molecule has 2 heterocycles. The lowest BCUT2D eigenvalue weighted by molar-refractivity contribution is -0.0614. The largest absolute Gasteiger partial charge is 0.391 e. The summed E-state index contributed by atoms with van der Waals surface area (Å²) in [7, 11) is 0. The van der Waals surface area contributed by atoms with Crippen LogP contribution in [0, 0.1) is 0 Å². The second kappa shape index (κ2) is 5.78. The fourth-order valence-electron chi connectivity index (χ4n) is 2.32. The van der Waals surface area contributed by atoms with Crippen LogP contribution in [0.5, 0.6) is 0 Å². The van der Waals surface area contributed by atoms with Crippen LogP contribution in [-0.2, 0) is 11.2 Å². The molecule has 100 valence electrons. The minimum Gasteiger partial charge on any atom is -0.391 e. The standard InChI is InChI=1S/C14H22N2O2/c1-14(2,16-7-9-18-10-8-16)13(17)11-12-5-3-4-6-15-12/h3-6,13,17H,7-11H2,1-2H3. The first-order valence-electron chi connectivity index (χ1n) is 6.51. The van der Waals surface area contributed by atoms with Gasteiger partial charge in [0.15, 0.2) is 0 Å². The lowest BCUT2D eigenvalue weighted by atomic mass is 9.91. The zero-order chi connectivity index (χ0) is 13.0. The first-order valence-corrected chi connectivity index (χ1v) is 6.51. The average molecular weight is 250 g/mol. The van der Waals surface area contributed by atoms with E-state index in [1.54, 1.807) is 6.20 Å². The van der Waals surface area contributed by atoms with Gasteiger partial charge in [0.05, 0.1) is 19.3 Å². The van der Waals surface area contributed by atoms with Gasteiger partial charge in [-0.2, -0.15) is 0 Å². The number of ether oxygens (including phenoxy) is 1. The van der Waals surface area contributed by atoms with Crippen molar-refractivity contribution in [1.82, 2.24) is 9.88 Å². The molecule has 1 aromatic rings. The van der Waals surface area contributed by atoms with Gasteiger partial charge >= 0.3 is 0 Å². The fourth-order valence-corrected chi connectivity index (χ4v) is 2.32. The zero-order valence-corrected chi connectivity index (χ0v) is 11.2. The van der Waals surface area contributed by atoms with Crippen LogP contribution < -0.4 is 0 Å². The smallest absolute Gasteiger partial charge is 0.0773 e. The summed E-state index contributed by atoms with van der Waals surface area (Å²) in [5, 5.41) is 10.5. The Morgan fingerprint density at radius 3 is 2.72 bits per heavy atom. The third kappa shape index (κ3) is 3.07. The summed E-state index contributed by atoms with van der Waals surface area (Å²) in [4.78, 5) is 6.57. The summed E-state index contributed by atoms with van der Waals surface area (Å²) >= 11 is 0. The van der Waals surface area contributed by atoms with Gasteiger partial charge in [-0.05, 0) is 26.0 Å². The highest BCUT2D eigenvalue weighted by molar-refractivity contribution is 5.07. The van der Waals surface area contributed by atoms with E-state index < -0.39 is 6.10 Å². The van der Waals surface area contributed by atoms with Crippen molar-refractivity contribution < 1.29 is 9.84 Å². The molecule has 1 atom stereocenters. The maximum Gasteiger partial charge on any atom is 0.0773 e. The first-order chi connectivity index (χ1) is 8.60. The highest BCUT2D eigenvalue weighted by atomic mass is 16.5. The van der Waals surface area contributed by atoms with Gasteiger partial charge < -0.3 is 9.84 Å². The molecule has 1 aliphatic rings. The lowest BCUT2D eigenvalue weighted by Gasteiger charge is -2.43. The maximum absolute atomic E-state index is 10.5. The van der Waals surface area contributed by atoms with Gasteiger partial charge in [0.1, 0.15) is 0 Å². The predicted octanol–water partition coefficient (Wildman–Crippen LogP) is 1.10. The van der Waals surface area contributed by atoms with Crippen molar-refractivity contribution in [3.05, 3.63) is 30.1 Å². The normalized spacial score (nSPS) is 19.7. The average Bonchev–Trinajstić information content (AvgIpc) is 2.41. The van der Waals surface area contributed by atoms with Crippen LogP contribution in [0.2, 0.25) is 0 Å². The molecule has 1 unspecified atom stereocenters. The van der Waals surface area contributed by atoms with Gasteiger partial charge in [0, 0.05) is 36.9 Å². The first kappa shape index (κ1) is 13.5. The van der Waals surface area contributed by atoms with Crippen molar-refractivity contribution in [3.8, 4) is 0 Å². The molecule has 0 aliphatic carbocycles. The molecule has 1 aromatic heterocycles. The molecule has 0 amide bonds. The van der Waals surface area contributed by atoms with Gasteiger partial charge in [-0.3, -0.25) is 9.88 Å². The Bertz CT molecular complexity index is 361. The molecule has 1 saturated heterocycles. The molecular formula is C14H22N2O2. The number of hydrogen-bond acceptors (Lipinski definition) is 4. The summed E-state index contributed by atoms with van der Waals surface area (Å²) in [5.41, 5.74) is 0.688. The van der Waals surface area contributed by atoms with Crippen LogP contribution in [0.15, 0.2) is 24.4 Å². The molecule has 0 aromatic carbocycles. The van der Waals surface area contributed by atoms with Crippen molar-refractivity contribution in [3.63, 3.8) is 0 Å². The second-order valence-electron chi connectivity index (χ2n) is 5.29. The summed E-state index contributed by atoms with van der Waals surface area (Å²) < 4.78 is 5.36. The molecule has 0 radical (unpaired) electrons. The number of aromatic nitrogens is 1. The third-order valence-electron chi connectivity index (χ3n) is 3.77. The third-order valence-corrected chi connectivity index (χ3v) is 3.77. The Hall–Kier alpha value is -0.970. The van der Waals surface area contributed by atoms with E-state index in [1.165, 1.54) is 0 Å². The van der Waals surface area contributed by atoms with Gasteiger partial charge in [0.2, 0.25) is 0 Å². The van der Waals surface area contributed by atoms with Crippen LogP contribution in [0.25, 0.3) is 0 Å². The molecule has 4 heteroatoms. The molecule has 2 rings (SSSR count). The van der Waals surface area contributed by atoms with Crippen LogP contribution in [-0.4, -0.2) is 52.9 Å². The number of pyridine rings is 1. The molecule has 0 bridgehead atoms. The van der Waals surface area contributed by atoms with Gasteiger partial charge in [-0.1, -0.05) is 6.07 Å². The van der Waals surface area contributed by atoms with Crippen molar-refractivity contribution in [1.29, 1.82) is 0 Å². The van der Waals surface area contributed by atoms with E-state index in [1.807, 2.05) is 18.2 Å². The second-order valence-corrected chi connectivity index (χ2v) is 5.29. The van der Waals surface area contributed by atoms with E-state index in [-0.39, 0.29) is 5.54 Å². The van der Waals surface area contributed by atoms with E-state index in [0.717, 1.165) is 32.0 Å². The van der Waals surface area contributed by atoms with Crippen LogP contribution in [0.1, 0.15) is 19.5 Å². The molecule has 1 aliphatic heterocycles. The van der Waals surface area contributed by atoms with Crippen molar-refractivity contribution in [2.75, 3.05) is 26.3 Å². The van der Waals surface area contributed by atoms with Crippen molar-refractivity contribution >= 4 is 0 Å². The van der Waals surface area contributed by atoms with Crippen LogP contribution in [0.4, 0.5) is 0 Å². The quantitative estimate of drug-likeness (QED) is 0.869. The number of morpholine rings is 1. The van der Waals surface area contributed by atoms with Crippen molar-refractivity contribution in [2.45, 2.75) is 31.9 Å². The summed E-state index contributed by atoms with van der Waals surface area (Å²) in [6, 6.07) is 5.80. The summed E-state index contributed by atoms with van der Waals surface area (Å²) in [6.07, 6.45) is 1.93. The van der Waals surface area contributed by atoms with Gasteiger partial charge in [0.25, 0.3) is 0 Å². The SMILES string of the molecule is CC(C)(C(O)Cc1ccccn1)N1CCOCC1. The monoisotopic (exact) mass is 250 g/mol. The Morgan fingerprint density at radius 1 is 1.39 bits per heavy atom. The minimum absolute atomic E-state index is 0.249. The predicted molar refractivity (Wildman–Crippen MR) is 70.4 cm³/mol. The van der Waals surface area contributed by atoms with Crippen LogP contribution in [0.3, 0.4) is 0 Å². The van der Waals surface area contributed by atoms with Crippen molar-refractivity contribution in [2.24, 2.45) is 0 Å². The molecule has 1 fully saturated rings. The topological polar surface area (TPSA) is 45.6 Å². The number of rotatable bonds is 4. The number of hydrogen-bond donors (Lipinski definition) is 1. The lowest BCUT2D eigenvalue weighted by Crippen LogP contribution is -2.56. The minimum atomic E-state index is -0.425. The van der Waals surface area contributed by atoms with Crippen LogP contribution >= 0.6 is 0 Å². The maximum atomic E-state index is 10.5. The van der Waals surface area contributed by atoms with Gasteiger partial charge in [-0.15, -0.1) is 0 Å². The Morgan fingerprint density at radius 2 is 2.11 bits per heavy atom. The highest BCUT2D eigenvalue weighted by Crippen LogP contribution is 2.22. The summed E-state index contributed by atoms with van der Waals surface area (Å²) in [6.45, 7) is 7.44. The summed E-state index contributed by atoms with van der Waals surface area (Å²) in [5.74, 6) is 0. The Balaban J connectivity index is 2.00. The molecule has 0 saturated carbocycles. The Kier molecular flexibility index (Phi) is 4.32. The molecule has 18 heavy (non-hydrogen) atoms. The Labute approximate surface area is 109 Å². The number of aliphatic hydroxyl groups is 1. The number of aliphatic hydroxyl groups excluding tert-OH is 1. The molecular weight excluding hydrogens is 228 g/mol. The molecule has 1 N–H and O–H groups in total. The fraction of sp³-hybridized carbons (Fsp3) is 0.643. The van der Waals surface area contributed by atoms with E-state index in [0.29, 0.717) is 6.42 Å². The van der Waals surface area contributed by atoms with E-state index >= 15 is 0 Å². The van der Waals surface area contributed by atoms with Gasteiger partial charge in [-0.25, -0.2) is 0 Å². The van der Waals surface area contributed by atoms with E-state index in [2.05, 4.69) is 23.7 Å². The highest BCUT2D eigenvalue weighted by Gasteiger charge is 2.35. The molecule has 0 spiro atoms. The van der Waals surface area contributed by atoms with E-state index in [9.17, 15) is 5.11 Å².